The fourth-order valence-electron chi connectivity index (χ4n) is 5.82. The molecule has 0 aromatic carbocycles. The van der Waals surface area contributed by atoms with E-state index in [1.807, 2.05) is 0 Å². The average molecular weight is 247 g/mol. The van der Waals surface area contributed by atoms with Gasteiger partial charge in [-0.1, -0.05) is 0 Å². The van der Waals surface area contributed by atoms with E-state index < -0.39 is 0 Å². The van der Waals surface area contributed by atoms with Crippen molar-refractivity contribution in [3.8, 4) is 0 Å². The van der Waals surface area contributed by atoms with Gasteiger partial charge in [0.2, 0.25) is 0 Å². The Morgan fingerprint density at radius 2 is 1.72 bits per heavy atom. The number of nitrogens with zero attached hydrogens (tertiary/aromatic N) is 2. The van der Waals surface area contributed by atoms with E-state index in [1.165, 1.54) is 31.4 Å². The van der Waals surface area contributed by atoms with Crippen molar-refractivity contribution in [3.63, 3.8) is 0 Å². The number of rotatable bonds is 2. The first-order chi connectivity index (χ1) is 8.74. The van der Waals surface area contributed by atoms with E-state index in [-0.39, 0.29) is 0 Å². The van der Waals surface area contributed by atoms with Gasteiger partial charge in [0.25, 0.3) is 0 Å². The number of nitrogens with two attached hydrogens (primary N) is 1. The largest absolute Gasteiger partial charge is 0.325 e. The summed E-state index contributed by atoms with van der Waals surface area (Å²) < 4.78 is 0. The van der Waals surface area contributed by atoms with Gasteiger partial charge in [0.05, 0.1) is 11.8 Å². The Labute approximate surface area is 110 Å². The van der Waals surface area contributed by atoms with Crippen LogP contribution in [0.5, 0.6) is 0 Å². The molecule has 5 aliphatic rings. The first kappa shape index (κ1) is 11.3. The van der Waals surface area contributed by atoms with Crippen LogP contribution in [0.3, 0.4) is 0 Å². The number of hydrogen-bond acceptors (Lipinski definition) is 3. The van der Waals surface area contributed by atoms with Gasteiger partial charge in [0.1, 0.15) is 0 Å². The molecule has 1 atom stereocenters. The molecule has 0 radical (unpaired) electrons. The minimum Gasteiger partial charge on any atom is -0.325 e. The van der Waals surface area contributed by atoms with E-state index in [0.717, 1.165) is 36.0 Å². The molecule has 0 saturated heterocycles. The quantitative estimate of drug-likeness (QED) is 0.811. The maximum atomic E-state index is 5.78. The molecule has 1 aliphatic heterocycles. The lowest BCUT2D eigenvalue weighted by atomic mass is 9.50. The van der Waals surface area contributed by atoms with E-state index in [2.05, 4.69) is 17.2 Å². The summed E-state index contributed by atoms with van der Waals surface area (Å²) in [6, 6.07) is 0.665. The van der Waals surface area contributed by atoms with Crippen molar-refractivity contribution in [2.45, 2.75) is 44.6 Å². The summed E-state index contributed by atoms with van der Waals surface area (Å²) >= 11 is 0. The van der Waals surface area contributed by atoms with Gasteiger partial charge >= 0.3 is 0 Å². The molecule has 4 fully saturated rings. The second-order valence-electron chi connectivity index (χ2n) is 7.22. The Hall–Kier alpha value is -0.570. The third-order valence-electron chi connectivity index (χ3n) is 6.20. The van der Waals surface area contributed by atoms with Gasteiger partial charge in [-0.2, -0.15) is 5.10 Å². The molecule has 2 N–H and O–H groups in total. The molecular weight excluding hydrogens is 222 g/mol. The second-order valence-corrected chi connectivity index (χ2v) is 7.22. The highest BCUT2D eigenvalue weighted by molar-refractivity contribution is 5.87. The zero-order chi connectivity index (χ0) is 12.3. The molecule has 1 unspecified atom stereocenters. The van der Waals surface area contributed by atoms with E-state index in [1.54, 1.807) is 6.42 Å². The SMILES string of the molecule is CN1N=C(CN)CC1C1C2CC3CC(C2)CC1C3. The van der Waals surface area contributed by atoms with Gasteiger partial charge in [-0.05, 0) is 61.7 Å². The Balaban J connectivity index is 1.56. The molecule has 0 amide bonds. The third-order valence-corrected chi connectivity index (χ3v) is 6.20. The maximum absolute atomic E-state index is 5.78. The standard InChI is InChI=1S/C15H25N3/c1-18-14(7-13(8-16)17-18)15-11-3-9-2-10(5-11)6-12(15)4-9/h9-12,14-15H,2-8,16H2,1H3. The molecule has 1 heterocycles. The van der Waals surface area contributed by atoms with Crippen molar-refractivity contribution in [3.05, 3.63) is 0 Å². The summed E-state index contributed by atoms with van der Waals surface area (Å²) in [4.78, 5) is 0. The van der Waals surface area contributed by atoms with Crippen molar-refractivity contribution in [2.75, 3.05) is 13.6 Å². The summed E-state index contributed by atoms with van der Waals surface area (Å²) in [6.07, 6.45) is 8.74. The van der Waals surface area contributed by atoms with E-state index in [9.17, 15) is 0 Å². The summed E-state index contributed by atoms with van der Waals surface area (Å²) in [7, 11) is 2.17. The topological polar surface area (TPSA) is 41.6 Å². The fraction of sp³-hybridized carbons (Fsp3) is 0.933. The predicted molar refractivity (Wildman–Crippen MR) is 73.2 cm³/mol. The van der Waals surface area contributed by atoms with Crippen LogP contribution in [0.4, 0.5) is 0 Å². The van der Waals surface area contributed by atoms with Gasteiger partial charge in [0, 0.05) is 20.0 Å². The van der Waals surface area contributed by atoms with Crippen LogP contribution in [-0.2, 0) is 0 Å². The molecule has 5 rings (SSSR count). The minimum absolute atomic E-state index is 0.647. The van der Waals surface area contributed by atoms with Gasteiger partial charge in [-0.3, -0.25) is 5.01 Å². The van der Waals surface area contributed by atoms with Gasteiger partial charge < -0.3 is 5.73 Å². The molecule has 3 nitrogen and oxygen atoms in total. The van der Waals surface area contributed by atoms with Gasteiger partial charge in [0.15, 0.2) is 0 Å². The van der Waals surface area contributed by atoms with Crippen LogP contribution in [0, 0.1) is 29.6 Å². The van der Waals surface area contributed by atoms with Crippen molar-refractivity contribution < 1.29 is 0 Å². The Kier molecular flexibility index (Phi) is 2.48. The second kappa shape index (κ2) is 3.96. The molecule has 4 aliphatic carbocycles. The van der Waals surface area contributed by atoms with E-state index in [4.69, 9.17) is 5.73 Å². The van der Waals surface area contributed by atoms with Crippen LogP contribution in [-0.4, -0.2) is 30.4 Å². The average Bonchev–Trinajstić information content (AvgIpc) is 2.69. The van der Waals surface area contributed by atoms with E-state index in [0.29, 0.717) is 12.6 Å². The van der Waals surface area contributed by atoms with Gasteiger partial charge in [-0.25, -0.2) is 0 Å². The Morgan fingerprint density at radius 3 is 2.22 bits per heavy atom. The summed E-state index contributed by atoms with van der Waals surface area (Å²) in [5.41, 5.74) is 6.99. The highest BCUT2D eigenvalue weighted by Crippen LogP contribution is 2.58. The van der Waals surface area contributed by atoms with Crippen LogP contribution in [0.2, 0.25) is 0 Å². The zero-order valence-corrected chi connectivity index (χ0v) is 11.4. The summed E-state index contributed by atoms with van der Waals surface area (Å²) in [6.45, 7) is 0.647. The number of hydrazone groups is 1. The van der Waals surface area contributed by atoms with Crippen LogP contribution in [0.1, 0.15) is 38.5 Å². The zero-order valence-electron chi connectivity index (χ0n) is 11.4. The third kappa shape index (κ3) is 1.56. The smallest absolute Gasteiger partial charge is 0.0554 e. The maximum Gasteiger partial charge on any atom is 0.0554 e. The Morgan fingerprint density at radius 1 is 1.11 bits per heavy atom. The number of hydrogen-bond donors (Lipinski definition) is 1. The molecule has 3 heteroatoms. The van der Waals surface area contributed by atoms with Crippen LogP contribution < -0.4 is 5.73 Å². The first-order valence-electron chi connectivity index (χ1n) is 7.74. The molecule has 100 valence electrons. The normalized spacial score (nSPS) is 49.9. The molecule has 0 aromatic rings. The molecule has 4 bridgehead atoms. The Bertz CT molecular complexity index is 348. The fourth-order valence-corrected chi connectivity index (χ4v) is 5.82. The highest BCUT2D eigenvalue weighted by atomic mass is 15.5. The van der Waals surface area contributed by atoms with E-state index >= 15 is 0 Å². The predicted octanol–water partition coefficient (Wildman–Crippen LogP) is 2.08. The lowest BCUT2D eigenvalue weighted by molar-refractivity contribution is -0.0659. The van der Waals surface area contributed by atoms with Gasteiger partial charge in [-0.15, -0.1) is 0 Å². The van der Waals surface area contributed by atoms with Crippen molar-refractivity contribution in [1.82, 2.24) is 5.01 Å². The molecule has 0 spiro atoms. The molecule has 0 aromatic heterocycles. The minimum atomic E-state index is 0.647. The molecular formula is C15H25N3. The first-order valence-corrected chi connectivity index (χ1v) is 7.74. The van der Waals surface area contributed by atoms with Crippen molar-refractivity contribution in [1.29, 1.82) is 0 Å². The molecule has 18 heavy (non-hydrogen) atoms. The van der Waals surface area contributed by atoms with Crippen molar-refractivity contribution >= 4 is 5.71 Å². The van der Waals surface area contributed by atoms with Crippen LogP contribution in [0.15, 0.2) is 5.10 Å². The van der Waals surface area contributed by atoms with Crippen LogP contribution in [0.25, 0.3) is 0 Å². The molecule has 4 saturated carbocycles. The highest BCUT2D eigenvalue weighted by Gasteiger charge is 2.52. The van der Waals surface area contributed by atoms with Crippen LogP contribution >= 0.6 is 0 Å². The van der Waals surface area contributed by atoms with Crippen molar-refractivity contribution in [2.24, 2.45) is 40.4 Å². The summed E-state index contributed by atoms with van der Waals surface area (Å²) in [5, 5.41) is 6.89. The lowest BCUT2D eigenvalue weighted by Gasteiger charge is -2.56. The lowest BCUT2D eigenvalue weighted by Crippen LogP contribution is -2.51. The monoisotopic (exact) mass is 247 g/mol. The summed E-state index contributed by atoms with van der Waals surface area (Å²) in [5.74, 6) is 5.06.